The second-order valence-corrected chi connectivity index (χ2v) is 9.74. The third kappa shape index (κ3) is 6.50. The Morgan fingerprint density at radius 3 is 2.70 bits per heavy atom. The Hall–Kier alpha value is -2.53. The van der Waals surface area contributed by atoms with Crippen molar-refractivity contribution in [1.29, 1.82) is 0 Å². The van der Waals surface area contributed by atoms with Gasteiger partial charge in [-0.2, -0.15) is 0 Å². The first-order chi connectivity index (χ1) is 16.1. The molecule has 7 nitrogen and oxygen atoms in total. The third-order valence-corrected chi connectivity index (χ3v) is 6.73. The van der Waals surface area contributed by atoms with Gasteiger partial charge in [-0.15, -0.1) is 16.8 Å². The molecule has 3 aromatic rings. The van der Waals surface area contributed by atoms with E-state index in [1.54, 1.807) is 6.07 Å². The van der Waals surface area contributed by atoms with Gasteiger partial charge in [0.25, 0.3) is 0 Å². The summed E-state index contributed by atoms with van der Waals surface area (Å²) in [5.41, 5.74) is 1.97. The van der Waals surface area contributed by atoms with E-state index >= 15 is 0 Å². The molecule has 1 aliphatic rings. The van der Waals surface area contributed by atoms with E-state index in [4.69, 9.17) is 9.47 Å². The van der Waals surface area contributed by atoms with E-state index in [-0.39, 0.29) is 5.91 Å². The van der Waals surface area contributed by atoms with Gasteiger partial charge in [0.15, 0.2) is 16.7 Å². The predicted molar refractivity (Wildman–Crippen MR) is 138 cm³/mol. The van der Waals surface area contributed by atoms with Crippen LogP contribution in [-0.4, -0.2) is 39.6 Å². The summed E-state index contributed by atoms with van der Waals surface area (Å²) >= 11 is 3.84. The maximum atomic E-state index is 12.4. The number of nitrogens with one attached hydrogen (secondary N) is 1. The van der Waals surface area contributed by atoms with Crippen molar-refractivity contribution in [3.05, 3.63) is 70.1 Å². The zero-order chi connectivity index (χ0) is 23.0. The average molecular weight is 576 g/mol. The minimum absolute atomic E-state index is 0.0621. The lowest BCUT2D eigenvalue weighted by Gasteiger charge is -2.19. The first-order valence-electron chi connectivity index (χ1n) is 10.7. The SMILES string of the molecule is C=CCn1c(CCc2ccc(I)cc2)nnc1SCCC(=O)Nc1ccc2c(c1)OCCO2. The van der Waals surface area contributed by atoms with Crippen molar-refractivity contribution in [2.45, 2.75) is 31.0 Å². The molecule has 1 N–H and O–H groups in total. The van der Waals surface area contributed by atoms with Crippen molar-refractivity contribution >= 4 is 45.9 Å². The van der Waals surface area contributed by atoms with Crippen molar-refractivity contribution in [2.24, 2.45) is 0 Å². The van der Waals surface area contributed by atoms with Crippen LogP contribution in [0.25, 0.3) is 0 Å². The summed E-state index contributed by atoms with van der Waals surface area (Å²) in [7, 11) is 0. The molecule has 0 atom stereocenters. The minimum atomic E-state index is -0.0621. The molecule has 33 heavy (non-hydrogen) atoms. The lowest BCUT2D eigenvalue weighted by molar-refractivity contribution is -0.115. The van der Waals surface area contributed by atoms with E-state index in [0.29, 0.717) is 49.1 Å². The summed E-state index contributed by atoms with van der Waals surface area (Å²) < 4.78 is 14.4. The molecule has 2 aromatic carbocycles. The number of carbonyl (C=O) groups excluding carboxylic acids is 1. The number of nitrogens with zero attached hydrogens (tertiary/aromatic N) is 3. The zero-order valence-electron chi connectivity index (χ0n) is 18.1. The molecule has 172 valence electrons. The second kappa shape index (κ2) is 11.6. The lowest BCUT2D eigenvalue weighted by Crippen LogP contribution is -2.16. The lowest BCUT2D eigenvalue weighted by atomic mass is 10.1. The number of allylic oxidation sites excluding steroid dienone is 1. The van der Waals surface area contributed by atoms with E-state index in [2.05, 4.69) is 73.5 Å². The standard InChI is InChI=1S/C24H25IN4O3S/c1-2-12-29-22(10-5-17-3-6-18(25)7-4-17)27-28-24(29)33-15-11-23(30)26-19-8-9-20-21(16-19)32-14-13-31-20/h2-4,6-9,16H,1,5,10-15H2,(H,26,30). The van der Waals surface area contributed by atoms with Crippen LogP contribution in [0.2, 0.25) is 0 Å². The number of fused-ring (bicyclic) bond motifs is 1. The third-order valence-electron chi connectivity index (χ3n) is 5.04. The first-order valence-corrected chi connectivity index (χ1v) is 12.8. The monoisotopic (exact) mass is 576 g/mol. The van der Waals surface area contributed by atoms with Crippen molar-refractivity contribution in [2.75, 3.05) is 24.3 Å². The number of ether oxygens (including phenoxy) is 2. The van der Waals surface area contributed by atoms with Gasteiger partial charge in [0, 0.05) is 40.5 Å². The van der Waals surface area contributed by atoms with Crippen LogP contribution >= 0.6 is 34.4 Å². The molecule has 0 bridgehead atoms. The molecular weight excluding hydrogens is 551 g/mol. The molecule has 2 heterocycles. The Kier molecular flexibility index (Phi) is 8.27. The molecule has 0 saturated carbocycles. The number of rotatable bonds is 10. The number of hydrogen-bond acceptors (Lipinski definition) is 6. The normalized spacial score (nSPS) is 12.4. The number of benzene rings is 2. The number of aryl methyl sites for hydroxylation is 2. The number of aromatic nitrogens is 3. The highest BCUT2D eigenvalue weighted by molar-refractivity contribution is 14.1. The van der Waals surface area contributed by atoms with Crippen LogP contribution in [0.5, 0.6) is 11.5 Å². The Balaban J connectivity index is 1.29. The van der Waals surface area contributed by atoms with Gasteiger partial charge in [0.2, 0.25) is 5.91 Å². The molecule has 0 aliphatic carbocycles. The van der Waals surface area contributed by atoms with E-state index in [9.17, 15) is 4.79 Å². The largest absolute Gasteiger partial charge is 0.486 e. The van der Waals surface area contributed by atoms with Crippen LogP contribution in [0, 0.1) is 3.57 Å². The van der Waals surface area contributed by atoms with Crippen LogP contribution in [0.15, 0.2) is 60.3 Å². The molecule has 9 heteroatoms. The van der Waals surface area contributed by atoms with Crippen molar-refractivity contribution in [3.8, 4) is 11.5 Å². The van der Waals surface area contributed by atoms with Gasteiger partial charge in [-0.05, 0) is 58.8 Å². The molecule has 4 rings (SSSR count). The highest BCUT2D eigenvalue weighted by atomic mass is 127. The summed E-state index contributed by atoms with van der Waals surface area (Å²) in [6.07, 6.45) is 3.90. The smallest absolute Gasteiger partial charge is 0.225 e. The Bertz CT molecular complexity index is 1120. The van der Waals surface area contributed by atoms with Gasteiger partial charge < -0.3 is 19.4 Å². The Morgan fingerprint density at radius 2 is 1.91 bits per heavy atom. The van der Waals surface area contributed by atoms with Gasteiger partial charge in [-0.25, -0.2) is 0 Å². The zero-order valence-corrected chi connectivity index (χ0v) is 21.1. The van der Waals surface area contributed by atoms with Gasteiger partial charge >= 0.3 is 0 Å². The van der Waals surface area contributed by atoms with E-state index in [1.165, 1.54) is 20.9 Å². The molecule has 1 aromatic heterocycles. The fourth-order valence-electron chi connectivity index (χ4n) is 3.41. The second-order valence-electron chi connectivity index (χ2n) is 7.43. The summed E-state index contributed by atoms with van der Waals surface area (Å²) in [4.78, 5) is 12.4. The first kappa shape index (κ1) is 23.6. The van der Waals surface area contributed by atoms with Crippen molar-refractivity contribution < 1.29 is 14.3 Å². The van der Waals surface area contributed by atoms with Crippen molar-refractivity contribution in [1.82, 2.24) is 14.8 Å². The Morgan fingerprint density at radius 1 is 1.12 bits per heavy atom. The van der Waals surface area contributed by atoms with Gasteiger partial charge in [-0.1, -0.05) is 30.0 Å². The molecule has 0 unspecified atom stereocenters. The number of anilines is 1. The summed E-state index contributed by atoms with van der Waals surface area (Å²) in [6, 6.07) is 13.9. The topological polar surface area (TPSA) is 78.3 Å². The van der Waals surface area contributed by atoms with Crippen LogP contribution < -0.4 is 14.8 Å². The van der Waals surface area contributed by atoms with Crippen LogP contribution in [0.1, 0.15) is 17.8 Å². The van der Waals surface area contributed by atoms with Gasteiger partial charge in [0.05, 0.1) is 0 Å². The highest BCUT2D eigenvalue weighted by Crippen LogP contribution is 2.32. The van der Waals surface area contributed by atoms with Gasteiger partial charge in [0.1, 0.15) is 19.0 Å². The summed E-state index contributed by atoms with van der Waals surface area (Å²) in [5, 5.41) is 12.5. The molecule has 1 amide bonds. The average Bonchev–Trinajstić information content (AvgIpc) is 3.20. The fourth-order valence-corrected chi connectivity index (χ4v) is 4.67. The van der Waals surface area contributed by atoms with E-state index in [0.717, 1.165) is 23.8 Å². The molecule has 0 spiro atoms. The molecular formula is C24H25IN4O3S. The number of carbonyl (C=O) groups is 1. The quantitative estimate of drug-likeness (QED) is 0.213. The molecule has 0 fully saturated rings. The minimum Gasteiger partial charge on any atom is -0.486 e. The maximum absolute atomic E-state index is 12.4. The number of halogens is 1. The molecule has 1 aliphatic heterocycles. The predicted octanol–water partition coefficient (Wildman–Crippen LogP) is 4.75. The van der Waals surface area contributed by atoms with Crippen molar-refractivity contribution in [3.63, 3.8) is 0 Å². The Labute approximate surface area is 211 Å². The highest BCUT2D eigenvalue weighted by Gasteiger charge is 2.15. The molecule has 0 saturated heterocycles. The molecule has 0 radical (unpaired) electrons. The van der Waals surface area contributed by atoms with Crippen LogP contribution in [0.3, 0.4) is 0 Å². The van der Waals surface area contributed by atoms with Gasteiger partial charge in [-0.3, -0.25) is 4.79 Å². The number of hydrogen-bond donors (Lipinski definition) is 1. The summed E-state index contributed by atoms with van der Waals surface area (Å²) in [5.74, 6) is 2.82. The fraction of sp³-hybridized carbons (Fsp3) is 0.292. The number of thioether (sulfide) groups is 1. The van der Waals surface area contributed by atoms with E-state index < -0.39 is 0 Å². The van der Waals surface area contributed by atoms with Crippen LogP contribution in [0.4, 0.5) is 5.69 Å². The summed E-state index contributed by atoms with van der Waals surface area (Å²) in [6.45, 7) is 5.56. The van der Waals surface area contributed by atoms with E-state index in [1.807, 2.05) is 18.2 Å². The maximum Gasteiger partial charge on any atom is 0.225 e. The van der Waals surface area contributed by atoms with Crippen LogP contribution in [-0.2, 0) is 24.2 Å². The number of amides is 1.